The number of nitrogens with two attached hydrogens (primary N) is 1. The van der Waals surface area contributed by atoms with Gasteiger partial charge in [0, 0.05) is 12.3 Å². The van der Waals surface area contributed by atoms with Gasteiger partial charge in [0.05, 0.1) is 17.7 Å². The highest BCUT2D eigenvalue weighted by molar-refractivity contribution is 5.95. The summed E-state index contributed by atoms with van der Waals surface area (Å²) in [5.41, 5.74) is 4.16. The van der Waals surface area contributed by atoms with Crippen molar-refractivity contribution >= 4 is 11.7 Å². The topological polar surface area (TPSA) is 61.5 Å². The minimum Gasteiger partial charge on any atom is -0.460 e. The maximum atomic E-state index is 12.5. The lowest BCUT2D eigenvalue weighted by Gasteiger charge is -2.11. The average molecular weight is 277 g/mol. The highest BCUT2D eigenvalue weighted by atomic mass is 19.4. The molecule has 0 heterocycles. The summed E-state index contributed by atoms with van der Waals surface area (Å²) >= 11 is 0. The third-order valence-electron chi connectivity index (χ3n) is 2.27. The Morgan fingerprint density at radius 3 is 2.58 bits per heavy atom. The smallest absolute Gasteiger partial charge is 0.416 e. The Balaban J connectivity index is 2.78. The lowest BCUT2D eigenvalue weighted by Crippen LogP contribution is -2.14. The summed E-state index contributed by atoms with van der Waals surface area (Å²) in [4.78, 5) is 11.6. The van der Waals surface area contributed by atoms with Crippen LogP contribution in [0, 0.1) is 0 Å². The summed E-state index contributed by atoms with van der Waals surface area (Å²) in [6.45, 7) is 2.37. The Bertz CT molecular complexity index is 446. The first-order valence-electron chi connectivity index (χ1n) is 5.58. The molecule has 0 unspecified atom stereocenters. The minimum absolute atomic E-state index is 0.0393. The van der Waals surface area contributed by atoms with Crippen molar-refractivity contribution in [2.24, 2.45) is 0 Å². The number of hydrogen-bond donors (Lipinski definition) is 1. The highest BCUT2D eigenvalue weighted by Gasteiger charge is 2.31. The van der Waals surface area contributed by atoms with Crippen LogP contribution in [-0.2, 0) is 15.7 Å². The number of alkyl halides is 3. The molecule has 1 rings (SSSR count). The molecule has 0 bridgehead atoms. The molecular formula is C12H14F3NO3. The van der Waals surface area contributed by atoms with Crippen molar-refractivity contribution in [2.45, 2.75) is 13.1 Å². The molecule has 0 spiro atoms. The van der Waals surface area contributed by atoms with Gasteiger partial charge < -0.3 is 15.2 Å². The molecular weight excluding hydrogens is 263 g/mol. The number of nitrogen functional groups attached to an aromatic ring is 1. The van der Waals surface area contributed by atoms with Gasteiger partial charge >= 0.3 is 12.1 Å². The molecule has 0 fully saturated rings. The Morgan fingerprint density at radius 2 is 2.00 bits per heavy atom. The van der Waals surface area contributed by atoms with Crippen LogP contribution in [0.3, 0.4) is 0 Å². The van der Waals surface area contributed by atoms with Crippen LogP contribution in [0.1, 0.15) is 22.8 Å². The van der Waals surface area contributed by atoms with Crippen molar-refractivity contribution in [3.63, 3.8) is 0 Å². The van der Waals surface area contributed by atoms with Gasteiger partial charge in [-0.25, -0.2) is 4.79 Å². The maximum absolute atomic E-state index is 12.5. The van der Waals surface area contributed by atoms with Crippen molar-refractivity contribution in [3.8, 4) is 0 Å². The van der Waals surface area contributed by atoms with Gasteiger partial charge in [-0.05, 0) is 25.1 Å². The van der Waals surface area contributed by atoms with Crippen LogP contribution in [0.15, 0.2) is 18.2 Å². The number of rotatable bonds is 5. The van der Waals surface area contributed by atoms with Crippen LogP contribution in [-0.4, -0.2) is 25.8 Å². The number of carbonyl (C=O) groups is 1. The van der Waals surface area contributed by atoms with Crippen LogP contribution in [0.4, 0.5) is 18.9 Å². The van der Waals surface area contributed by atoms with E-state index in [2.05, 4.69) is 0 Å². The van der Waals surface area contributed by atoms with E-state index in [9.17, 15) is 18.0 Å². The summed E-state index contributed by atoms with van der Waals surface area (Å²) in [7, 11) is 0. The van der Waals surface area contributed by atoms with E-state index in [1.807, 2.05) is 0 Å². The minimum atomic E-state index is -4.53. The second-order valence-electron chi connectivity index (χ2n) is 3.63. The van der Waals surface area contributed by atoms with E-state index >= 15 is 0 Å². The Morgan fingerprint density at radius 1 is 1.32 bits per heavy atom. The van der Waals surface area contributed by atoms with Gasteiger partial charge in [-0.3, -0.25) is 0 Å². The van der Waals surface area contributed by atoms with Gasteiger partial charge in [-0.2, -0.15) is 13.2 Å². The molecule has 2 N–H and O–H groups in total. The largest absolute Gasteiger partial charge is 0.460 e. The molecule has 0 amide bonds. The first-order valence-corrected chi connectivity index (χ1v) is 5.58. The molecule has 0 aromatic heterocycles. The lowest BCUT2D eigenvalue weighted by molar-refractivity contribution is -0.137. The van der Waals surface area contributed by atoms with Gasteiger partial charge in [0.1, 0.15) is 6.61 Å². The number of hydrogen-bond acceptors (Lipinski definition) is 4. The second kappa shape index (κ2) is 6.42. The molecule has 106 valence electrons. The molecule has 4 nitrogen and oxygen atoms in total. The number of carbonyl (C=O) groups excluding carboxylic acids is 1. The van der Waals surface area contributed by atoms with E-state index < -0.39 is 17.7 Å². The average Bonchev–Trinajstić information content (AvgIpc) is 2.33. The zero-order valence-electron chi connectivity index (χ0n) is 10.3. The predicted molar refractivity (Wildman–Crippen MR) is 62.6 cm³/mol. The van der Waals surface area contributed by atoms with Gasteiger partial charge in [-0.1, -0.05) is 0 Å². The monoisotopic (exact) mass is 277 g/mol. The van der Waals surface area contributed by atoms with E-state index in [1.54, 1.807) is 6.92 Å². The molecule has 0 aliphatic rings. The molecule has 1 aromatic rings. The summed E-state index contributed by atoms with van der Waals surface area (Å²) < 4.78 is 47.2. The number of ether oxygens (including phenoxy) is 2. The van der Waals surface area contributed by atoms with Crippen LogP contribution < -0.4 is 5.73 Å². The number of esters is 1. The normalized spacial score (nSPS) is 11.4. The zero-order chi connectivity index (χ0) is 14.5. The maximum Gasteiger partial charge on any atom is 0.416 e. The molecule has 1 aromatic carbocycles. The van der Waals surface area contributed by atoms with Gasteiger partial charge in [0.25, 0.3) is 0 Å². The fraction of sp³-hybridized carbons (Fsp3) is 0.417. The number of anilines is 1. The standard InChI is InChI=1S/C12H14F3NO3/c1-2-18-5-6-19-11(17)9-7-8(12(13,14)15)3-4-10(9)16/h3-4,7H,2,5-6,16H2,1H3. The first kappa shape index (κ1) is 15.3. The van der Waals surface area contributed by atoms with Crippen molar-refractivity contribution < 1.29 is 27.4 Å². The molecule has 19 heavy (non-hydrogen) atoms. The van der Waals surface area contributed by atoms with Gasteiger partial charge in [0.2, 0.25) is 0 Å². The third kappa shape index (κ3) is 4.44. The van der Waals surface area contributed by atoms with Crippen LogP contribution in [0.25, 0.3) is 0 Å². The van der Waals surface area contributed by atoms with Crippen molar-refractivity contribution in [3.05, 3.63) is 29.3 Å². The fourth-order valence-corrected chi connectivity index (χ4v) is 1.32. The number of benzene rings is 1. The summed E-state index contributed by atoms with van der Waals surface area (Å²) in [5, 5.41) is 0. The molecule has 0 aliphatic heterocycles. The van der Waals surface area contributed by atoms with Crippen LogP contribution >= 0.6 is 0 Å². The zero-order valence-corrected chi connectivity index (χ0v) is 10.3. The van der Waals surface area contributed by atoms with Crippen LogP contribution in [0.5, 0.6) is 0 Å². The molecule has 0 saturated carbocycles. The van der Waals surface area contributed by atoms with E-state index in [4.69, 9.17) is 15.2 Å². The highest BCUT2D eigenvalue weighted by Crippen LogP contribution is 2.31. The Hall–Kier alpha value is -1.76. The van der Waals surface area contributed by atoms with Crippen LogP contribution in [0.2, 0.25) is 0 Å². The Kier molecular flexibility index (Phi) is 5.17. The third-order valence-corrected chi connectivity index (χ3v) is 2.27. The predicted octanol–water partition coefficient (Wildman–Crippen LogP) is 2.48. The quantitative estimate of drug-likeness (QED) is 0.510. The number of halogens is 3. The van der Waals surface area contributed by atoms with Gasteiger partial charge in [-0.15, -0.1) is 0 Å². The molecule has 0 atom stereocenters. The van der Waals surface area contributed by atoms with E-state index in [1.165, 1.54) is 0 Å². The van der Waals surface area contributed by atoms with Gasteiger partial charge in [0.15, 0.2) is 0 Å². The van der Waals surface area contributed by atoms with E-state index in [-0.39, 0.29) is 24.5 Å². The second-order valence-corrected chi connectivity index (χ2v) is 3.63. The Labute approximate surface area is 108 Å². The van der Waals surface area contributed by atoms with Crippen molar-refractivity contribution in [2.75, 3.05) is 25.6 Å². The van der Waals surface area contributed by atoms with Crippen molar-refractivity contribution in [1.29, 1.82) is 0 Å². The van der Waals surface area contributed by atoms with E-state index in [0.29, 0.717) is 12.7 Å². The fourth-order valence-electron chi connectivity index (χ4n) is 1.32. The molecule has 7 heteroatoms. The summed E-state index contributed by atoms with van der Waals surface area (Å²) in [6, 6.07) is 2.52. The van der Waals surface area contributed by atoms with Crippen molar-refractivity contribution in [1.82, 2.24) is 0 Å². The molecule has 0 saturated heterocycles. The SMILES string of the molecule is CCOCCOC(=O)c1cc(C(F)(F)F)ccc1N. The lowest BCUT2D eigenvalue weighted by atomic mass is 10.1. The molecule has 0 radical (unpaired) electrons. The summed E-state index contributed by atoms with van der Waals surface area (Å²) in [6.07, 6.45) is -4.53. The molecule has 0 aliphatic carbocycles. The first-order chi connectivity index (χ1) is 8.86. The summed E-state index contributed by atoms with van der Waals surface area (Å²) in [5.74, 6) is -0.900. The van der Waals surface area contributed by atoms with E-state index in [0.717, 1.165) is 12.1 Å².